The number of aromatic nitrogens is 1. The van der Waals surface area contributed by atoms with E-state index in [0.29, 0.717) is 5.58 Å². The van der Waals surface area contributed by atoms with Gasteiger partial charge in [-0.25, -0.2) is 4.39 Å². The minimum Gasteiger partial charge on any atom is -0.459 e. The molecule has 3 rings (SSSR count). The number of furan rings is 1. The average Bonchev–Trinajstić information content (AvgIpc) is 2.88. The first kappa shape index (κ1) is 12.8. The summed E-state index contributed by atoms with van der Waals surface area (Å²) in [5.41, 5.74) is 1.71. The molecule has 0 saturated carbocycles. The van der Waals surface area contributed by atoms with E-state index >= 15 is 0 Å². The second-order valence-electron chi connectivity index (χ2n) is 4.61. The van der Waals surface area contributed by atoms with Gasteiger partial charge in [0.05, 0.1) is 6.04 Å². The average molecular weight is 270 g/mol. The third-order valence-electron chi connectivity index (χ3n) is 3.21. The lowest BCUT2D eigenvalue weighted by atomic mass is 10.1. The largest absolute Gasteiger partial charge is 0.459 e. The highest BCUT2D eigenvalue weighted by Gasteiger charge is 2.17. The summed E-state index contributed by atoms with van der Waals surface area (Å²) >= 11 is 0. The number of hydrogen-bond acceptors (Lipinski definition) is 3. The van der Waals surface area contributed by atoms with Gasteiger partial charge in [0.1, 0.15) is 17.2 Å². The van der Waals surface area contributed by atoms with Crippen LogP contribution < -0.4 is 5.32 Å². The van der Waals surface area contributed by atoms with E-state index in [1.807, 2.05) is 25.1 Å². The van der Waals surface area contributed by atoms with E-state index in [4.69, 9.17) is 4.42 Å². The molecule has 0 amide bonds. The Balaban J connectivity index is 2.05. The Morgan fingerprint density at radius 2 is 2.20 bits per heavy atom. The van der Waals surface area contributed by atoms with Gasteiger partial charge in [0.15, 0.2) is 0 Å². The second-order valence-corrected chi connectivity index (χ2v) is 4.61. The van der Waals surface area contributed by atoms with Gasteiger partial charge < -0.3 is 9.73 Å². The summed E-state index contributed by atoms with van der Waals surface area (Å²) in [5.74, 6) is 0.506. The van der Waals surface area contributed by atoms with Gasteiger partial charge in [-0.3, -0.25) is 4.98 Å². The van der Waals surface area contributed by atoms with Crippen LogP contribution in [0.2, 0.25) is 0 Å². The first-order valence-corrected chi connectivity index (χ1v) is 6.60. The van der Waals surface area contributed by atoms with E-state index in [-0.39, 0.29) is 11.9 Å². The molecule has 0 saturated heterocycles. The standard InChI is InChI=1S/C16H15FN2O/c1-2-19-16(11-4-3-7-18-10-11)15-9-12-8-13(17)5-6-14(12)20-15/h3-10,16,19H,2H2,1H3. The van der Waals surface area contributed by atoms with Crippen molar-refractivity contribution >= 4 is 11.0 Å². The van der Waals surface area contributed by atoms with Crippen LogP contribution in [-0.2, 0) is 0 Å². The Hall–Kier alpha value is -2.20. The van der Waals surface area contributed by atoms with Gasteiger partial charge in [0.25, 0.3) is 0 Å². The van der Waals surface area contributed by atoms with Gasteiger partial charge in [0, 0.05) is 17.8 Å². The minimum atomic E-state index is -0.258. The second kappa shape index (κ2) is 5.43. The van der Waals surface area contributed by atoms with Crippen LogP contribution in [0.3, 0.4) is 0 Å². The monoisotopic (exact) mass is 270 g/mol. The molecule has 3 nitrogen and oxygen atoms in total. The van der Waals surface area contributed by atoms with Crippen LogP contribution >= 0.6 is 0 Å². The smallest absolute Gasteiger partial charge is 0.134 e. The number of nitrogens with zero attached hydrogens (tertiary/aromatic N) is 1. The number of fused-ring (bicyclic) bond motifs is 1. The third kappa shape index (κ3) is 2.42. The van der Waals surface area contributed by atoms with Crippen molar-refractivity contribution in [2.45, 2.75) is 13.0 Å². The molecule has 3 aromatic rings. The summed E-state index contributed by atoms with van der Waals surface area (Å²) in [6.45, 7) is 2.83. The van der Waals surface area contributed by atoms with E-state index in [1.165, 1.54) is 12.1 Å². The lowest BCUT2D eigenvalue weighted by Crippen LogP contribution is -2.21. The molecule has 0 spiro atoms. The van der Waals surface area contributed by atoms with Crippen LogP contribution in [0.25, 0.3) is 11.0 Å². The Morgan fingerprint density at radius 1 is 1.30 bits per heavy atom. The molecule has 0 aliphatic rings. The number of rotatable bonds is 4. The quantitative estimate of drug-likeness (QED) is 0.786. The van der Waals surface area contributed by atoms with Crippen LogP contribution in [0, 0.1) is 5.82 Å². The molecule has 1 aromatic carbocycles. The summed E-state index contributed by atoms with van der Waals surface area (Å²) in [5, 5.41) is 4.13. The lowest BCUT2D eigenvalue weighted by molar-refractivity contribution is 0.476. The van der Waals surface area contributed by atoms with Gasteiger partial charge in [-0.05, 0) is 42.4 Å². The zero-order valence-electron chi connectivity index (χ0n) is 11.1. The topological polar surface area (TPSA) is 38.1 Å². The van der Waals surface area contributed by atoms with Gasteiger partial charge in [0.2, 0.25) is 0 Å². The molecule has 2 heterocycles. The molecule has 0 aliphatic heterocycles. The van der Waals surface area contributed by atoms with E-state index in [9.17, 15) is 4.39 Å². The molecule has 4 heteroatoms. The maximum atomic E-state index is 13.3. The van der Waals surface area contributed by atoms with Crippen LogP contribution in [0.5, 0.6) is 0 Å². The van der Waals surface area contributed by atoms with E-state index in [1.54, 1.807) is 18.5 Å². The highest BCUT2D eigenvalue weighted by Crippen LogP contribution is 2.28. The fourth-order valence-electron chi connectivity index (χ4n) is 2.31. The highest BCUT2D eigenvalue weighted by molar-refractivity contribution is 5.78. The minimum absolute atomic E-state index is 0.0795. The van der Waals surface area contributed by atoms with Crippen molar-refractivity contribution in [2.24, 2.45) is 0 Å². The summed E-state index contributed by atoms with van der Waals surface area (Å²) in [7, 11) is 0. The molecule has 0 bridgehead atoms. The van der Waals surface area contributed by atoms with Gasteiger partial charge in [-0.15, -0.1) is 0 Å². The summed E-state index contributed by atoms with van der Waals surface area (Å²) in [6.07, 6.45) is 3.54. The van der Waals surface area contributed by atoms with Crippen molar-refractivity contribution < 1.29 is 8.81 Å². The highest BCUT2D eigenvalue weighted by atomic mass is 19.1. The lowest BCUT2D eigenvalue weighted by Gasteiger charge is -2.15. The molecule has 0 aliphatic carbocycles. The van der Waals surface area contributed by atoms with Gasteiger partial charge >= 0.3 is 0 Å². The zero-order chi connectivity index (χ0) is 13.9. The maximum absolute atomic E-state index is 13.3. The van der Waals surface area contributed by atoms with Gasteiger partial charge in [-0.1, -0.05) is 13.0 Å². The van der Waals surface area contributed by atoms with E-state index in [2.05, 4.69) is 10.3 Å². The number of hydrogen-bond donors (Lipinski definition) is 1. The molecular formula is C16H15FN2O. The van der Waals surface area contributed by atoms with Crippen molar-refractivity contribution in [1.29, 1.82) is 0 Å². The Labute approximate surface area is 116 Å². The fourth-order valence-corrected chi connectivity index (χ4v) is 2.31. The zero-order valence-corrected chi connectivity index (χ0v) is 11.1. The molecule has 2 aromatic heterocycles. The maximum Gasteiger partial charge on any atom is 0.134 e. The van der Waals surface area contributed by atoms with Crippen molar-refractivity contribution in [1.82, 2.24) is 10.3 Å². The molecule has 20 heavy (non-hydrogen) atoms. The Morgan fingerprint density at radius 3 is 2.95 bits per heavy atom. The van der Waals surface area contributed by atoms with E-state index in [0.717, 1.165) is 23.3 Å². The number of nitrogens with one attached hydrogen (secondary N) is 1. The first-order chi connectivity index (χ1) is 9.78. The predicted octanol–water partition coefficient (Wildman–Crippen LogP) is 3.67. The number of halogens is 1. The van der Waals surface area contributed by atoms with Crippen molar-refractivity contribution in [3.63, 3.8) is 0 Å². The molecule has 102 valence electrons. The summed E-state index contributed by atoms with van der Waals surface area (Å²) in [4.78, 5) is 4.14. The van der Waals surface area contributed by atoms with Crippen molar-refractivity contribution in [3.8, 4) is 0 Å². The molecule has 1 N–H and O–H groups in total. The summed E-state index contributed by atoms with van der Waals surface area (Å²) in [6, 6.07) is 10.2. The third-order valence-corrected chi connectivity index (χ3v) is 3.21. The fraction of sp³-hybridized carbons (Fsp3) is 0.188. The number of benzene rings is 1. The van der Waals surface area contributed by atoms with Gasteiger partial charge in [-0.2, -0.15) is 0 Å². The van der Waals surface area contributed by atoms with Crippen LogP contribution in [-0.4, -0.2) is 11.5 Å². The normalized spacial score (nSPS) is 12.7. The molecule has 0 fully saturated rings. The van der Waals surface area contributed by atoms with Crippen molar-refractivity contribution in [2.75, 3.05) is 6.54 Å². The Kier molecular flexibility index (Phi) is 3.48. The number of pyridine rings is 1. The van der Waals surface area contributed by atoms with Crippen molar-refractivity contribution in [3.05, 3.63) is 65.9 Å². The SMILES string of the molecule is CCNC(c1cccnc1)c1cc2cc(F)ccc2o1. The molecule has 0 radical (unpaired) electrons. The summed E-state index contributed by atoms with van der Waals surface area (Å²) < 4.78 is 19.1. The molecule has 1 unspecified atom stereocenters. The van der Waals surface area contributed by atoms with E-state index < -0.39 is 0 Å². The van der Waals surface area contributed by atoms with Crippen LogP contribution in [0.15, 0.2) is 53.2 Å². The molecular weight excluding hydrogens is 255 g/mol. The van der Waals surface area contributed by atoms with Crippen LogP contribution in [0.4, 0.5) is 4.39 Å². The first-order valence-electron chi connectivity index (χ1n) is 6.60. The predicted molar refractivity (Wildman–Crippen MR) is 75.9 cm³/mol. The molecule has 1 atom stereocenters. The van der Waals surface area contributed by atoms with Crippen LogP contribution in [0.1, 0.15) is 24.3 Å². The Bertz CT molecular complexity index is 709.